The quantitative estimate of drug-likeness (QED) is 0.682. The zero-order valence-corrected chi connectivity index (χ0v) is 12.2. The summed E-state index contributed by atoms with van der Waals surface area (Å²) in [5.41, 5.74) is 0.819. The fourth-order valence-corrected chi connectivity index (χ4v) is 3.51. The van der Waals surface area contributed by atoms with Crippen LogP contribution in [0, 0.1) is 10.1 Å². The van der Waals surface area contributed by atoms with Gasteiger partial charge in [-0.1, -0.05) is 0 Å². The van der Waals surface area contributed by atoms with Crippen molar-refractivity contribution in [1.82, 2.24) is 4.90 Å². The Hall–Kier alpha value is -1.82. The molecule has 2 saturated heterocycles. The van der Waals surface area contributed by atoms with E-state index in [2.05, 4.69) is 10.2 Å². The molecule has 6 nitrogen and oxygen atoms in total. The number of anilines is 1. The number of rotatable bonds is 4. The Kier molecular flexibility index (Phi) is 3.96. The van der Waals surface area contributed by atoms with Crippen LogP contribution in [-0.2, 0) is 0 Å². The topological polar surface area (TPSA) is 67.6 Å². The van der Waals surface area contributed by atoms with Gasteiger partial charge in [0.1, 0.15) is 0 Å². The van der Waals surface area contributed by atoms with Crippen LogP contribution in [0.2, 0.25) is 0 Å². The summed E-state index contributed by atoms with van der Waals surface area (Å²) >= 11 is 0. The highest BCUT2D eigenvalue weighted by atomic mass is 16.6. The standard InChI is InChI=1S/C15H21N3O3/c1-21-15-5-4-11(10-14(15)18(19)20)16-12-6-8-17-7-2-3-13(17)9-12/h4-5,10,12-13,16H,2-3,6-9H2,1H3. The van der Waals surface area contributed by atoms with E-state index in [1.807, 2.05) is 6.07 Å². The number of hydrogen-bond acceptors (Lipinski definition) is 5. The van der Waals surface area contributed by atoms with Crippen molar-refractivity contribution >= 4 is 11.4 Å². The molecule has 1 aromatic carbocycles. The van der Waals surface area contributed by atoms with Crippen LogP contribution in [0.4, 0.5) is 11.4 Å². The fraction of sp³-hybridized carbons (Fsp3) is 0.600. The molecular formula is C15H21N3O3. The first-order chi connectivity index (χ1) is 10.2. The first kappa shape index (κ1) is 14.1. The normalized spacial score (nSPS) is 25.4. The maximum absolute atomic E-state index is 11.1. The Morgan fingerprint density at radius 3 is 3.00 bits per heavy atom. The van der Waals surface area contributed by atoms with Crippen LogP contribution in [0.5, 0.6) is 5.75 Å². The molecule has 2 fully saturated rings. The summed E-state index contributed by atoms with van der Waals surface area (Å²) in [6.45, 7) is 2.35. The van der Waals surface area contributed by atoms with Gasteiger partial charge in [-0.2, -0.15) is 0 Å². The van der Waals surface area contributed by atoms with Gasteiger partial charge in [0.25, 0.3) is 0 Å². The zero-order valence-electron chi connectivity index (χ0n) is 12.2. The SMILES string of the molecule is COc1ccc(NC2CCN3CCCC3C2)cc1[N+](=O)[O-]. The average Bonchev–Trinajstić information content (AvgIpc) is 2.94. The minimum Gasteiger partial charge on any atom is -0.490 e. The lowest BCUT2D eigenvalue weighted by Gasteiger charge is -2.35. The van der Waals surface area contributed by atoms with Crippen LogP contribution in [0.3, 0.4) is 0 Å². The smallest absolute Gasteiger partial charge is 0.312 e. The van der Waals surface area contributed by atoms with Crippen LogP contribution >= 0.6 is 0 Å². The zero-order chi connectivity index (χ0) is 14.8. The Bertz CT molecular complexity index is 535. The highest BCUT2D eigenvalue weighted by molar-refractivity contribution is 5.58. The Morgan fingerprint density at radius 2 is 2.24 bits per heavy atom. The van der Waals surface area contributed by atoms with Crippen LogP contribution in [0.25, 0.3) is 0 Å². The van der Waals surface area contributed by atoms with Crippen LogP contribution in [0.1, 0.15) is 25.7 Å². The van der Waals surface area contributed by atoms with E-state index in [-0.39, 0.29) is 5.69 Å². The third-order valence-corrected chi connectivity index (χ3v) is 4.57. The number of methoxy groups -OCH3 is 1. The molecule has 0 aliphatic carbocycles. The molecule has 21 heavy (non-hydrogen) atoms. The summed E-state index contributed by atoms with van der Waals surface area (Å²) in [4.78, 5) is 13.2. The van der Waals surface area contributed by atoms with Gasteiger partial charge in [0.15, 0.2) is 5.75 Å². The number of hydrogen-bond donors (Lipinski definition) is 1. The lowest BCUT2D eigenvalue weighted by atomic mass is 9.97. The molecule has 6 heteroatoms. The van der Waals surface area contributed by atoms with E-state index >= 15 is 0 Å². The minimum atomic E-state index is -0.399. The summed E-state index contributed by atoms with van der Waals surface area (Å²) in [7, 11) is 1.45. The highest BCUT2D eigenvalue weighted by Crippen LogP contribution is 2.32. The maximum Gasteiger partial charge on any atom is 0.312 e. The molecule has 0 spiro atoms. The molecule has 0 amide bonds. The van der Waals surface area contributed by atoms with E-state index in [9.17, 15) is 10.1 Å². The summed E-state index contributed by atoms with van der Waals surface area (Å²) in [5.74, 6) is 0.302. The van der Waals surface area contributed by atoms with Gasteiger partial charge in [-0.25, -0.2) is 0 Å². The molecule has 0 bridgehead atoms. The second-order valence-electron chi connectivity index (χ2n) is 5.84. The molecule has 1 N–H and O–H groups in total. The van der Waals surface area contributed by atoms with E-state index < -0.39 is 4.92 Å². The molecule has 2 heterocycles. The highest BCUT2D eigenvalue weighted by Gasteiger charge is 2.31. The van der Waals surface area contributed by atoms with Gasteiger partial charge in [0.05, 0.1) is 12.0 Å². The van der Waals surface area contributed by atoms with Crippen molar-refractivity contribution in [1.29, 1.82) is 0 Å². The molecule has 0 radical (unpaired) electrons. The number of benzene rings is 1. The first-order valence-corrected chi connectivity index (χ1v) is 7.50. The van der Waals surface area contributed by atoms with Gasteiger partial charge in [0.2, 0.25) is 0 Å². The van der Waals surface area contributed by atoms with E-state index in [4.69, 9.17) is 4.74 Å². The van der Waals surface area contributed by atoms with Crippen molar-refractivity contribution < 1.29 is 9.66 Å². The molecule has 2 unspecified atom stereocenters. The van der Waals surface area contributed by atoms with Gasteiger partial charge in [-0.05, 0) is 44.4 Å². The number of nitro groups is 1. The summed E-state index contributed by atoms with van der Waals surface area (Å²) in [5, 5.41) is 14.5. The number of fused-ring (bicyclic) bond motifs is 1. The molecular weight excluding hydrogens is 270 g/mol. The molecule has 2 atom stereocenters. The third kappa shape index (κ3) is 2.95. The maximum atomic E-state index is 11.1. The number of nitrogens with zero attached hydrogens (tertiary/aromatic N) is 2. The van der Waals surface area contributed by atoms with E-state index in [1.165, 1.54) is 26.5 Å². The first-order valence-electron chi connectivity index (χ1n) is 7.50. The monoisotopic (exact) mass is 291 g/mol. The molecule has 0 aromatic heterocycles. The predicted octanol–water partition coefficient (Wildman–Crippen LogP) is 2.64. The second kappa shape index (κ2) is 5.89. The average molecular weight is 291 g/mol. The number of ether oxygens (including phenoxy) is 1. The Labute approximate surface area is 124 Å². The number of nitro benzene ring substituents is 1. The van der Waals surface area contributed by atoms with Crippen molar-refractivity contribution in [2.24, 2.45) is 0 Å². The largest absolute Gasteiger partial charge is 0.490 e. The van der Waals surface area contributed by atoms with Crippen molar-refractivity contribution in [3.05, 3.63) is 28.3 Å². The van der Waals surface area contributed by atoms with Crippen LogP contribution < -0.4 is 10.1 Å². The van der Waals surface area contributed by atoms with Gasteiger partial charge in [-0.3, -0.25) is 10.1 Å². The second-order valence-corrected chi connectivity index (χ2v) is 5.84. The fourth-order valence-electron chi connectivity index (χ4n) is 3.51. The molecule has 2 aliphatic heterocycles. The van der Waals surface area contributed by atoms with E-state index in [0.717, 1.165) is 25.1 Å². The minimum absolute atomic E-state index is 0.0146. The number of piperidine rings is 1. The lowest BCUT2D eigenvalue weighted by molar-refractivity contribution is -0.385. The van der Waals surface area contributed by atoms with Crippen molar-refractivity contribution in [2.45, 2.75) is 37.8 Å². The Balaban J connectivity index is 1.70. The van der Waals surface area contributed by atoms with Gasteiger partial charge in [-0.15, -0.1) is 0 Å². The summed E-state index contributed by atoms with van der Waals surface area (Å²) < 4.78 is 5.03. The van der Waals surface area contributed by atoms with Crippen LogP contribution in [0.15, 0.2) is 18.2 Å². The van der Waals surface area contributed by atoms with E-state index in [1.54, 1.807) is 12.1 Å². The van der Waals surface area contributed by atoms with Crippen LogP contribution in [-0.4, -0.2) is 42.1 Å². The molecule has 2 aliphatic rings. The third-order valence-electron chi connectivity index (χ3n) is 4.57. The van der Waals surface area contributed by atoms with Crippen molar-refractivity contribution in [2.75, 3.05) is 25.5 Å². The molecule has 0 saturated carbocycles. The van der Waals surface area contributed by atoms with Gasteiger partial charge < -0.3 is 15.0 Å². The van der Waals surface area contributed by atoms with Gasteiger partial charge in [0, 0.05) is 30.4 Å². The number of nitrogens with one attached hydrogen (secondary N) is 1. The molecule has 114 valence electrons. The molecule has 1 aromatic rings. The summed E-state index contributed by atoms with van der Waals surface area (Å²) in [6.07, 6.45) is 4.79. The summed E-state index contributed by atoms with van der Waals surface area (Å²) in [6, 6.07) is 6.17. The van der Waals surface area contributed by atoms with E-state index in [0.29, 0.717) is 17.8 Å². The van der Waals surface area contributed by atoms with Crippen molar-refractivity contribution in [3.8, 4) is 5.75 Å². The Morgan fingerprint density at radius 1 is 1.38 bits per heavy atom. The van der Waals surface area contributed by atoms with Crippen molar-refractivity contribution in [3.63, 3.8) is 0 Å². The lowest BCUT2D eigenvalue weighted by Crippen LogP contribution is -2.42. The molecule has 3 rings (SSSR count). The van der Waals surface area contributed by atoms with Gasteiger partial charge >= 0.3 is 5.69 Å². The predicted molar refractivity (Wildman–Crippen MR) is 80.9 cm³/mol.